The molecule has 1 aliphatic rings. The lowest BCUT2D eigenvalue weighted by Gasteiger charge is -2.34. The van der Waals surface area contributed by atoms with Gasteiger partial charge in [0.05, 0.1) is 10.6 Å². The molecule has 0 spiro atoms. The zero-order valence-electron chi connectivity index (χ0n) is 26.2. The van der Waals surface area contributed by atoms with Gasteiger partial charge in [-0.15, -0.1) is 0 Å². The molecule has 0 aliphatic heterocycles. The number of rotatable bonds is 12. The number of halogens is 1. The second-order valence-corrected chi connectivity index (χ2v) is 13.9. The Balaban J connectivity index is 1.55. The molecule has 0 unspecified atom stereocenters. The fourth-order valence-electron chi connectivity index (χ4n) is 5.79. The van der Waals surface area contributed by atoms with Crippen LogP contribution in [0.4, 0.5) is 10.1 Å². The van der Waals surface area contributed by atoms with Gasteiger partial charge < -0.3 is 10.2 Å². The number of benzene rings is 4. The molecule has 2 amide bonds. The first-order valence-corrected chi connectivity index (χ1v) is 17.1. The minimum Gasteiger partial charge on any atom is -0.352 e. The maximum atomic E-state index is 14.6. The van der Waals surface area contributed by atoms with E-state index in [0.29, 0.717) is 0 Å². The molecule has 0 radical (unpaired) electrons. The van der Waals surface area contributed by atoms with Crippen molar-refractivity contribution in [3.8, 4) is 0 Å². The Morgan fingerprint density at radius 1 is 0.804 bits per heavy atom. The molecule has 9 heteroatoms. The predicted octanol–water partition coefficient (Wildman–Crippen LogP) is 6.34. The smallest absolute Gasteiger partial charge is 0.264 e. The van der Waals surface area contributed by atoms with Gasteiger partial charge in [0.15, 0.2) is 0 Å². The minimum absolute atomic E-state index is 0.0324. The van der Waals surface area contributed by atoms with Gasteiger partial charge in [0.25, 0.3) is 10.0 Å². The van der Waals surface area contributed by atoms with Gasteiger partial charge in [0.1, 0.15) is 18.4 Å². The number of hydrogen-bond donors (Lipinski definition) is 1. The highest BCUT2D eigenvalue weighted by atomic mass is 32.2. The number of carbonyl (C=O) groups excluding carboxylic acids is 2. The summed E-state index contributed by atoms with van der Waals surface area (Å²) in [5, 5.41) is 3.18. The summed E-state index contributed by atoms with van der Waals surface area (Å²) in [5.41, 5.74) is 3.95. The third kappa shape index (κ3) is 8.20. The number of hydrogen-bond acceptors (Lipinski definition) is 4. The number of carbonyl (C=O) groups is 2. The Kier molecular flexibility index (Phi) is 10.5. The molecule has 0 aromatic heterocycles. The normalized spacial score (nSPS) is 14.1. The number of aryl methyl sites for hydroxylation is 2. The Bertz CT molecular complexity index is 1720. The molecule has 7 nitrogen and oxygen atoms in total. The van der Waals surface area contributed by atoms with Crippen LogP contribution in [-0.4, -0.2) is 43.8 Å². The Hall–Kier alpha value is -4.50. The molecule has 46 heavy (non-hydrogen) atoms. The third-order valence-electron chi connectivity index (χ3n) is 8.45. The van der Waals surface area contributed by atoms with Crippen LogP contribution in [0.1, 0.15) is 47.9 Å². The van der Waals surface area contributed by atoms with Crippen molar-refractivity contribution in [1.29, 1.82) is 0 Å². The summed E-state index contributed by atoms with van der Waals surface area (Å²) in [7, 11) is -4.30. The molecular formula is C37H40FN3O4S. The van der Waals surface area contributed by atoms with E-state index in [4.69, 9.17) is 0 Å². The topological polar surface area (TPSA) is 86.8 Å². The van der Waals surface area contributed by atoms with Crippen molar-refractivity contribution in [3.63, 3.8) is 0 Å². The lowest BCUT2D eigenvalue weighted by atomic mass is 10.0. The highest BCUT2D eigenvalue weighted by Crippen LogP contribution is 2.26. The molecule has 5 rings (SSSR count). The van der Waals surface area contributed by atoms with E-state index in [1.165, 1.54) is 17.0 Å². The zero-order valence-corrected chi connectivity index (χ0v) is 27.0. The largest absolute Gasteiger partial charge is 0.352 e. The van der Waals surface area contributed by atoms with Gasteiger partial charge in [-0.25, -0.2) is 12.8 Å². The first kappa shape index (κ1) is 32.9. The molecule has 1 atom stereocenters. The first-order valence-electron chi connectivity index (χ1n) is 15.6. The fourth-order valence-corrected chi connectivity index (χ4v) is 7.20. The van der Waals surface area contributed by atoms with Gasteiger partial charge >= 0.3 is 0 Å². The molecular weight excluding hydrogens is 601 g/mol. The third-order valence-corrected chi connectivity index (χ3v) is 10.2. The lowest BCUT2D eigenvalue weighted by Crippen LogP contribution is -2.54. The van der Waals surface area contributed by atoms with Crippen molar-refractivity contribution in [2.75, 3.05) is 10.8 Å². The van der Waals surface area contributed by atoms with Crippen LogP contribution >= 0.6 is 0 Å². The van der Waals surface area contributed by atoms with Crippen LogP contribution in [0.2, 0.25) is 0 Å². The van der Waals surface area contributed by atoms with E-state index in [-0.39, 0.29) is 35.5 Å². The van der Waals surface area contributed by atoms with Crippen LogP contribution < -0.4 is 9.62 Å². The van der Waals surface area contributed by atoms with E-state index < -0.39 is 34.3 Å². The summed E-state index contributed by atoms with van der Waals surface area (Å²) in [6.07, 6.45) is 4.09. The molecule has 1 saturated carbocycles. The fraction of sp³-hybridized carbons (Fsp3) is 0.297. The summed E-state index contributed by atoms with van der Waals surface area (Å²) in [4.78, 5) is 30.0. The van der Waals surface area contributed by atoms with E-state index >= 15 is 0 Å². The highest BCUT2D eigenvalue weighted by Gasteiger charge is 2.35. The zero-order chi connectivity index (χ0) is 32.7. The Morgan fingerprint density at radius 2 is 1.39 bits per heavy atom. The molecule has 4 aromatic carbocycles. The van der Waals surface area contributed by atoms with Crippen LogP contribution in [0, 0.1) is 19.7 Å². The summed E-state index contributed by atoms with van der Waals surface area (Å²) >= 11 is 0. The first-order chi connectivity index (χ1) is 22.1. The average molecular weight is 642 g/mol. The van der Waals surface area contributed by atoms with E-state index in [1.54, 1.807) is 24.3 Å². The summed E-state index contributed by atoms with van der Waals surface area (Å²) < 4.78 is 42.9. The van der Waals surface area contributed by atoms with Crippen LogP contribution in [-0.2, 0) is 32.6 Å². The molecule has 0 bridgehead atoms. The van der Waals surface area contributed by atoms with Gasteiger partial charge in [-0.05, 0) is 74.2 Å². The molecule has 0 saturated heterocycles. The van der Waals surface area contributed by atoms with Crippen molar-refractivity contribution in [1.82, 2.24) is 10.2 Å². The van der Waals surface area contributed by atoms with Crippen molar-refractivity contribution in [3.05, 3.63) is 131 Å². The van der Waals surface area contributed by atoms with Crippen LogP contribution in [0.15, 0.2) is 108 Å². The monoisotopic (exact) mass is 641 g/mol. The number of amides is 2. The molecule has 1 N–H and O–H groups in total. The van der Waals surface area contributed by atoms with Gasteiger partial charge in [-0.1, -0.05) is 90.7 Å². The van der Waals surface area contributed by atoms with E-state index in [9.17, 15) is 22.4 Å². The average Bonchev–Trinajstić information content (AvgIpc) is 3.56. The Morgan fingerprint density at radius 3 is 2.00 bits per heavy atom. The quantitative estimate of drug-likeness (QED) is 0.196. The number of nitrogens with one attached hydrogen (secondary N) is 1. The van der Waals surface area contributed by atoms with Crippen LogP contribution in [0.5, 0.6) is 0 Å². The molecule has 1 aliphatic carbocycles. The molecule has 4 aromatic rings. The van der Waals surface area contributed by atoms with Gasteiger partial charge in [0.2, 0.25) is 11.8 Å². The van der Waals surface area contributed by atoms with E-state index in [1.807, 2.05) is 68.4 Å². The Labute approximate surface area is 271 Å². The molecule has 1 fully saturated rings. The van der Waals surface area contributed by atoms with Crippen molar-refractivity contribution < 1.29 is 22.4 Å². The predicted molar refractivity (Wildman–Crippen MR) is 178 cm³/mol. The van der Waals surface area contributed by atoms with Crippen molar-refractivity contribution in [2.24, 2.45) is 0 Å². The molecule has 0 heterocycles. The maximum Gasteiger partial charge on any atom is 0.264 e. The number of nitrogens with zero attached hydrogens (tertiary/aromatic N) is 2. The lowest BCUT2D eigenvalue weighted by molar-refractivity contribution is -0.140. The number of anilines is 1. The van der Waals surface area contributed by atoms with Crippen LogP contribution in [0.25, 0.3) is 0 Å². The van der Waals surface area contributed by atoms with Gasteiger partial charge in [-0.2, -0.15) is 0 Å². The summed E-state index contributed by atoms with van der Waals surface area (Å²) in [6, 6.07) is 27.7. The summed E-state index contributed by atoms with van der Waals surface area (Å²) in [6.45, 7) is 3.40. The second kappa shape index (κ2) is 14.7. The minimum atomic E-state index is -4.30. The van der Waals surface area contributed by atoms with E-state index in [0.717, 1.165) is 64.4 Å². The van der Waals surface area contributed by atoms with E-state index in [2.05, 4.69) is 5.32 Å². The highest BCUT2D eigenvalue weighted by molar-refractivity contribution is 7.92. The van der Waals surface area contributed by atoms with Crippen molar-refractivity contribution in [2.45, 2.75) is 69.5 Å². The molecule has 240 valence electrons. The second-order valence-electron chi connectivity index (χ2n) is 12.0. The van der Waals surface area contributed by atoms with Crippen molar-refractivity contribution >= 4 is 27.5 Å². The number of sulfonamides is 1. The van der Waals surface area contributed by atoms with Gasteiger partial charge in [-0.3, -0.25) is 13.9 Å². The maximum absolute atomic E-state index is 14.6. The standard InChI is InChI=1S/C37H40FN3O4S/c1-27-12-16-30(17-13-27)25-40(35(24-29-8-4-3-5-9-29)37(43)39-32-10-6-7-11-32)36(42)26-41(33-20-14-28(2)15-21-33)46(44,45)34-22-18-31(38)19-23-34/h3-5,8-9,12-23,32,35H,6-7,10-11,24-26H2,1-2H3,(H,39,43)/t35-/m0/s1. The summed E-state index contributed by atoms with van der Waals surface area (Å²) in [5.74, 6) is -1.37. The van der Waals surface area contributed by atoms with Crippen LogP contribution in [0.3, 0.4) is 0 Å². The SMILES string of the molecule is Cc1ccc(CN(C(=O)CN(c2ccc(C)cc2)S(=O)(=O)c2ccc(F)cc2)[C@@H](Cc2ccccc2)C(=O)NC2CCCC2)cc1. The van der Waals surface area contributed by atoms with Gasteiger partial charge in [0, 0.05) is 19.0 Å².